The monoisotopic (exact) mass is 347 g/mol. The van der Waals surface area contributed by atoms with Crippen molar-refractivity contribution in [3.05, 3.63) is 57.2 Å². The molecule has 1 fully saturated rings. The molecule has 4 heteroatoms. The lowest BCUT2D eigenvalue weighted by Crippen LogP contribution is -2.37. The molecule has 0 aliphatic heterocycles. The van der Waals surface area contributed by atoms with Crippen LogP contribution in [-0.4, -0.2) is 5.91 Å². The molecule has 0 bridgehead atoms. The molecule has 23 heavy (non-hydrogen) atoms. The highest BCUT2D eigenvalue weighted by molar-refractivity contribution is 7.10. The lowest BCUT2D eigenvalue weighted by molar-refractivity contribution is -0.123. The van der Waals surface area contributed by atoms with E-state index in [9.17, 15) is 4.79 Å². The summed E-state index contributed by atoms with van der Waals surface area (Å²) in [7, 11) is 0. The van der Waals surface area contributed by atoms with Gasteiger partial charge in [-0.1, -0.05) is 56.6 Å². The third-order valence-electron chi connectivity index (χ3n) is 4.41. The number of hydrogen-bond acceptors (Lipinski definition) is 2. The lowest BCUT2D eigenvalue weighted by Gasteiger charge is -2.31. The molecular formula is C19H22ClNOS. The van der Waals surface area contributed by atoms with Gasteiger partial charge in [0, 0.05) is 15.8 Å². The molecule has 1 aromatic heterocycles. The van der Waals surface area contributed by atoms with Crippen molar-refractivity contribution in [1.29, 1.82) is 0 Å². The summed E-state index contributed by atoms with van der Waals surface area (Å²) >= 11 is 7.95. The van der Waals surface area contributed by atoms with Gasteiger partial charge in [-0.2, -0.15) is 0 Å². The topological polar surface area (TPSA) is 29.1 Å². The van der Waals surface area contributed by atoms with Gasteiger partial charge in [-0.05, 0) is 40.8 Å². The van der Waals surface area contributed by atoms with Gasteiger partial charge in [-0.25, -0.2) is 0 Å². The highest BCUT2D eigenvalue weighted by Gasteiger charge is 2.46. The quantitative estimate of drug-likeness (QED) is 0.787. The smallest absolute Gasteiger partial charge is 0.224 e. The number of amides is 1. The van der Waals surface area contributed by atoms with E-state index >= 15 is 0 Å². The van der Waals surface area contributed by atoms with Crippen LogP contribution in [0.5, 0.6) is 0 Å². The molecule has 3 rings (SSSR count). The summed E-state index contributed by atoms with van der Waals surface area (Å²) in [5, 5.41) is 6.09. The van der Waals surface area contributed by atoms with Crippen LogP contribution in [0.3, 0.4) is 0 Å². The minimum atomic E-state index is -0.0186. The maximum absolute atomic E-state index is 12.7. The van der Waals surface area contributed by atoms with Crippen LogP contribution >= 0.6 is 22.9 Å². The predicted molar refractivity (Wildman–Crippen MR) is 97.0 cm³/mol. The van der Waals surface area contributed by atoms with Crippen LogP contribution in [0.2, 0.25) is 5.02 Å². The van der Waals surface area contributed by atoms with Crippen LogP contribution < -0.4 is 5.32 Å². The van der Waals surface area contributed by atoms with Gasteiger partial charge in [-0.3, -0.25) is 4.79 Å². The van der Waals surface area contributed by atoms with Crippen LogP contribution in [0, 0.1) is 11.3 Å². The normalized spacial score (nSPS) is 21.7. The number of nitrogens with one attached hydrogen (secondary N) is 1. The van der Waals surface area contributed by atoms with Gasteiger partial charge in [-0.15, -0.1) is 11.3 Å². The molecule has 122 valence electrons. The SMILES string of the molecule is CC(C)(C)C(NC(=O)C1CC1c1ccccc1Cl)c1cccs1. The lowest BCUT2D eigenvalue weighted by atomic mass is 9.85. The van der Waals surface area contributed by atoms with E-state index in [-0.39, 0.29) is 29.2 Å². The van der Waals surface area contributed by atoms with Crippen molar-refractivity contribution in [2.75, 3.05) is 0 Å². The van der Waals surface area contributed by atoms with Crippen LogP contribution in [0.25, 0.3) is 0 Å². The first-order valence-electron chi connectivity index (χ1n) is 7.96. The molecule has 0 radical (unpaired) electrons. The first-order chi connectivity index (χ1) is 10.9. The molecule has 3 atom stereocenters. The maximum atomic E-state index is 12.7. The van der Waals surface area contributed by atoms with Crippen LogP contribution in [0.4, 0.5) is 0 Å². The van der Waals surface area contributed by atoms with Crippen molar-refractivity contribution >= 4 is 28.8 Å². The van der Waals surface area contributed by atoms with Crippen molar-refractivity contribution in [3.63, 3.8) is 0 Å². The molecule has 1 amide bonds. The Bertz CT molecular complexity index is 690. The minimum absolute atomic E-state index is 0.0186. The number of rotatable bonds is 4. The summed E-state index contributed by atoms with van der Waals surface area (Å²) in [5.74, 6) is 0.440. The van der Waals surface area contributed by atoms with Gasteiger partial charge >= 0.3 is 0 Å². The molecule has 0 saturated heterocycles. The Balaban J connectivity index is 1.71. The number of hydrogen-bond donors (Lipinski definition) is 1. The second-order valence-corrected chi connectivity index (χ2v) is 8.68. The highest BCUT2D eigenvalue weighted by Crippen LogP contribution is 2.50. The summed E-state index contributed by atoms with van der Waals surface area (Å²) in [6, 6.07) is 12.0. The van der Waals surface area contributed by atoms with E-state index in [1.54, 1.807) is 11.3 Å². The second kappa shape index (κ2) is 6.29. The number of thiophene rings is 1. The van der Waals surface area contributed by atoms with E-state index in [1.807, 2.05) is 30.3 Å². The summed E-state index contributed by atoms with van der Waals surface area (Å²) in [4.78, 5) is 13.9. The molecule has 1 heterocycles. The van der Waals surface area contributed by atoms with E-state index in [0.717, 1.165) is 17.0 Å². The van der Waals surface area contributed by atoms with E-state index in [4.69, 9.17) is 11.6 Å². The molecule has 3 unspecified atom stereocenters. The van der Waals surface area contributed by atoms with Crippen molar-refractivity contribution in [1.82, 2.24) is 5.32 Å². The van der Waals surface area contributed by atoms with Crippen molar-refractivity contribution in [2.45, 2.75) is 39.2 Å². The number of carbonyl (C=O) groups excluding carboxylic acids is 1. The Kier molecular flexibility index (Phi) is 4.52. The standard InChI is InChI=1S/C19H22ClNOS/c1-19(2,3)17(16-9-6-10-23-16)21-18(22)14-11-13(14)12-7-4-5-8-15(12)20/h4-10,13-14,17H,11H2,1-3H3,(H,21,22). The Hall–Kier alpha value is -1.32. The third kappa shape index (κ3) is 3.61. The second-order valence-electron chi connectivity index (χ2n) is 7.29. The zero-order valence-corrected chi connectivity index (χ0v) is 15.2. The molecule has 1 aliphatic rings. The van der Waals surface area contributed by atoms with Gasteiger partial charge in [0.2, 0.25) is 5.91 Å². The zero-order valence-electron chi connectivity index (χ0n) is 13.7. The Morgan fingerprint density at radius 3 is 2.61 bits per heavy atom. The fraction of sp³-hybridized carbons (Fsp3) is 0.421. The summed E-state index contributed by atoms with van der Waals surface area (Å²) in [5.41, 5.74) is 1.08. The molecular weight excluding hydrogens is 326 g/mol. The Labute approximate surface area is 146 Å². The highest BCUT2D eigenvalue weighted by atomic mass is 35.5. The average molecular weight is 348 g/mol. The summed E-state index contributed by atoms with van der Waals surface area (Å²) in [6.45, 7) is 6.49. The van der Waals surface area contributed by atoms with Gasteiger partial charge in [0.05, 0.1) is 6.04 Å². The molecule has 2 aromatic rings. The average Bonchev–Trinajstić information content (AvgIpc) is 3.09. The van der Waals surface area contributed by atoms with Crippen LogP contribution in [0.15, 0.2) is 41.8 Å². The van der Waals surface area contributed by atoms with Crippen molar-refractivity contribution < 1.29 is 4.79 Å². The molecule has 2 nitrogen and oxygen atoms in total. The van der Waals surface area contributed by atoms with Crippen LogP contribution in [-0.2, 0) is 4.79 Å². The fourth-order valence-corrected chi connectivity index (χ4v) is 4.32. The molecule has 1 aromatic carbocycles. The molecule has 0 spiro atoms. The number of carbonyl (C=O) groups is 1. The number of benzene rings is 1. The van der Waals surface area contributed by atoms with Gasteiger partial charge in [0.25, 0.3) is 0 Å². The third-order valence-corrected chi connectivity index (χ3v) is 5.69. The first kappa shape index (κ1) is 16.5. The zero-order chi connectivity index (χ0) is 16.6. The summed E-state index contributed by atoms with van der Waals surface area (Å²) in [6.07, 6.45) is 0.886. The Morgan fingerprint density at radius 1 is 1.26 bits per heavy atom. The van der Waals surface area contributed by atoms with E-state index in [2.05, 4.69) is 37.5 Å². The van der Waals surface area contributed by atoms with Gasteiger partial charge < -0.3 is 5.32 Å². The molecule has 1 aliphatic carbocycles. The van der Waals surface area contributed by atoms with Crippen molar-refractivity contribution in [2.24, 2.45) is 11.3 Å². The number of halogens is 1. The maximum Gasteiger partial charge on any atom is 0.224 e. The molecule has 1 N–H and O–H groups in total. The Morgan fingerprint density at radius 2 is 2.00 bits per heavy atom. The van der Waals surface area contributed by atoms with E-state index < -0.39 is 0 Å². The largest absolute Gasteiger partial charge is 0.348 e. The van der Waals surface area contributed by atoms with Gasteiger partial charge in [0.1, 0.15) is 0 Å². The summed E-state index contributed by atoms with van der Waals surface area (Å²) < 4.78 is 0. The van der Waals surface area contributed by atoms with Gasteiger partial charge in [0.15, 0.2) is 0 Å². The first-order valence-corrected chi connectivity index (χ1v) is 9.22. The van der Waals surface area contributed by atoms with E-state index in [0.29, 0.717) is 0 Å². The van der Waals surface area contributed by atoms with E-state index in [1.165, 1.54) is 4.88 Å². The molecule has 1 saturated carbocycles. The fourth-order valence-electron chi connectivity index (χ4n) is 3.02. The minimum Gasteiger partial charge on any atom is -0.348 e. The van der Waals surface area contributed by atoms with Crippen molar-refractivity contribution in [3.8, 4) is 0 Å². The van der Waals surface area contributed by atoms with Crippen LogP contribution in [0.1, 0.15) is 49.6 Å². The predicted octanol–water partition coefficient (Wildman–Crippen LogP) is 5.41.